The van der Waals surface area contributed by atoms with E-state index in [-0.39, 0.29) is 5.79 Å². The maximum Gasteiger partial charge on any atom is 0.168 e. The SMILES string of the molecule is Cc1cc(NC2CCC3(CC2)OCCO3)c(C)cc1O. The zero-order chi connectivity index (χ0) is 14.2. The van der Waals surface area contributed by atoms with E-state index in [0.717, 1.165) is 55.7 Å². The van der Waals surface area contributed by atoms with Crippen molar-refractivity contribution < 1.29 is 14.6 Å². The Kier molecular flexibility index (Phi) is 3.61. The lowest BCUT2D eigenvalue weighted by Gasteiger charge is -2.36. The number of nitrogens with one attached hydrogen (secondary N) is 1. The average molecular weight is 277 g/mol. The lowest BCUT2D eigenvalue weighted by molar-refractivity contribution is -0.177. The highest BCUT2D eigenvalue weighted by Crippen LogP contribution is 2.37. The van der Waals surface area contributed by atoms with Crippen molar-refractivity contribution in [3.63, 3.8) is 0 Å². The molecule has 3 rings (SSSR count). The summed E-state index contributed by atoms with van der Waals surface area (Å²) in [6.07, 6.45) is 4.03. The van der Waals surface area contributed by atoms with Gasteiger partial charge in [-0.15, -0.1) is 0 Å². The van der Waals surface area contributed by atoms with Crippen LogP contribution in [0.2, 0.25) is 0 Å². The minimum absolute atomic E-state index is 0.294. The second-order valence-electron chi connectivity index (χ2n) is 5.98. The average Bonchev–Trinajstić information content (AvgIpc) is 2.87. The van der Waals surface area contributed by atoms with Crippen molar-refractivity contribution in [3.05, 3.63) is 23.3 Å². The smallest absolute Gasteiger partial charge is 0.168 e. The molecule has 1 aromatic carbocycles. The molecule has 2 fully saturated rings. The summed E-state index contributed by atoms with van der Waals surface area (Å²) < 4.78 is 11.5. The van der Waals surface area contributed by atoms with Crippen molar-refractivity contribution >= 4 is 5.69 Å². The van der Waals surface area contributed by atoms with Crippen LogP contribution in [0.3, 0.4) is 0 Å². The van der Waals surface area contributed by atoms with Crippen LogP contribution in [0.1, 0.15) is 36.8 Å². The van der Waals surface area contributed by atoms with Gasteiger partial charge in [-0.3, -0.25) is 0 Å². The van der Waals surface area contributed by atoms with Crippen LogP contribution >= 0.6 is 0 Å². The van der Waals surface area contributed by atoms with E-state index in [1.54, 1.807) is 0 Å². The van der Waals surface area contributed by atoms with Gasteiger partial charge in [0.2, 0.25) is 0 Å². The van der Waals surface area contributed by atoms with Gasteiger partial charge in [0.25, 0.3) is 0 Å². The predicted octanol–water partition coefficient (Wildman–Crippen LogP) is 3.11. The molecule has 1 saturated heterocycles. The minimum atomic E-state index is -0.294. The molecule has 20 heavy (non-hydrogen) atoms. The molecule has 1 aliphatic heterocycles. The molecule has 1 aromatic rings. The van der Waals surface area contributed by atoms with E-state index < -0.39 is 0 Å². The predicted molar refractivity (Wildman–Crippen MR) is 78.1 cm³/mol. The second-order valence-corrected chi connectivity index (χ2v) is 5.98. The number of aryl methyl sites for hydroxylation is 2. The normalized spacial score (nSPS) is 22.3. The Morgan fingerprint density at radius 3 is 2.40 bits per heavy atom. The van der Waals surface area contributed by atoms with Gasteiger partial charge in [0.15, 0.2) is 5.79 Å². The summed E-state index contributed by atoms with van der Waals surface area (Å²) in [5.74, 6) is 0.0707. The zero-order valence-corrected chi connectivity index (χ0v) is 12.2. The molecule has 0 aromatic heterocycles. The van der Waals surface area contributed by atoms with Gasteiger partial charge in [0.05, 0.1) is 13.2 Å². The highest BCUT2D eigenvalue weighted by atomic mass is 16.7. The van der Waals surface area contributed by atoms with E-state index in [2.05, 4.69) is 5.32 Å². The first-order chi connectivity index (χ1) is 9.58. The molecule has 0 bridgehead atoms. The van der Waals surface area contributed by atoms with Crippen molar-refractivity contribution in [2.75, 3.05) is 18.5 Å². The van der Waals surface area contributed by atoms with Gasteiger partial charge in [-0.2, -0.15) is 0 Å². The fourth-order valence-electron chi connectivity index (χ4n) is 3.16. The van der Waals surface area contributed by atoms with Crippen molar-refractivity contribution in [2.24, 2.45) is 0 Å². The van der Waals surface area contributed by atoms with Crippen LogP contribution in [0.5, 0.6) is 5.75 Å². The fraction of sp³-hybridized carbons (Fsp3) is 0.625. The first kappa shape index (κ1) is 13.7. The monoisotopic (exact) mass is 277 g/mol. The Morgan fingerprint density at radius 2 is 1.75 bits per heavy atom. The lowest BCUT2D eigenvalue weighted by Crippen LogP contribution is -2.39. The van der Waals surface area contributed by atoms with Gasteiger partial charge in [-0.25, -0.2) is 0 Å². The van der Waals surface area contributed by atoms with E-state index in [1.807, 2.05) is 26.0 Å². The molecule has 1 heterocycles. The number of phenols is 1. The maximum absolute atomic E-state index is 9.71. The first-order valence-corrected chi connectivity index (χ1v) is 7.43. The van der Waals surface area contributed by atoms with E-state index in [4.69, 9.17) is 9.47 Å². The van der Waals surface area contributed by atoms with Gasteiger partial charge in [-0.05, 0) is 49.9 Å². The highest BCUT2D eigenvalue weighted by Gasteiger charge is 2.40. The van der Waals surface area contributed by atoms with Crippen LogP contribution in [-0.2, 0) is 9.47 Å². The van der Waals surface area contributed by atoms with Crippen LogP contribution in [0, 0.1) is 13.8 Å². The maximum atomic E-state index is 9.71. The number of rotatable bonds is 2. The van der Waals surface area contributed by atoms with Crippen LogP contribution < -0.4 is 5.32 Å². The third-order valence-electron chi connectivity index (χ3n) is 4.46. The molecule has 2 N–H and O–H groups in total. The van der Waals surface area contributed by atoms with Crippen molar-refractivity contribution in [2.45, 2.75) is 51.4 Å². The summed E-state index contributed by atoms with van der Waals surface area (Å²) in [5, 5.41) is 13.3. The number of benzene rings is 1. The molecule has 110 valence electrons. The Morgan fingerprint density at radius 1 is 1.10 bits per heavy atom. The fourth-order valence-corrected chi connectivity index (χ4v) is 3.16. The van der Waals surface area contributed by atoms with Gasteiger partial charge < -0.3 is 19.9 Å². The third kappa shape index (κ3) is 2.63. The lowest BCUT2D eigenvalue weighted by atomic mass is 9.89. The molecular formula is C16H23NO3. The quantitative estimate of drug-likeness (QED) is 0.816. The van der Waals surface area contributed by atoms with Gasteiger partial charge in [0.1, 0.15) is 5.75 Å². The number of phenolic OH excluding ortho intramolecular Hbond substituents is 1. The molecule has 4 nitrogen and oxygen atoms in total. The summed E-state index contributed by atoms with van der Waals surface area (Å²) >= 11 is 0. The van der Waals surface area contributed by atoms with E-state index in [0.29, 0.717) is 11.8 Å². The summed E-state index contributed by atoms with van der Waals surface area (Å²) in [7, 11) is 0. The van der Waals surface area contributed by atoms with Gasteiger partial charge in [0, 0.05) is 24.6 Å². The van der Waals surface area contributed by atoms with Crippen molar-refractivity contribution in [1.82, 2.24) is 0 Å². The van der Waals surface area contributed by atoms with Crippen molar-refractivity contribution in [1.29, 1.82) is 0 Å². The standard InChI is InChI=1S/C16H23NO3/c1-11-10-15(18)12(2)9-14(11)17-13-3-5-16(6-4-13)19-7-8-20-16/h9-10,13,17-18H,3-8H2,1-2H3. The van der Waals surface area contributed by atoms with Crippen LogP contribution in [0.15, 0.2) is 12.1 Å². The number of anilines is 1. The summed E-state index contributed by atoms with van der Waals surface area (Å²) in [6.45, 7) is 5.41. The number of hydrogen-bond donors (Lipinski definition) is 2. The molecule has 0 atom stereocenters. The van der Waals surface area contributed by atoms with E-state index in [9.17, 15) is 5.11 Å². The van der Waals surface area contributed by atoms with Crippen LogP contribution in [0.4, 0.5) is 5.69 Å². The Labute approximate surface area is 120 Å². The van der Waals surface area contributed by atoms with E-state index in [1.165, 1.54) is 0 Å². The van der Waals surface area contributed by atoms with Gasteiger partial charge in [-0.1, -0.05) is 0 Å². The number of hydrogen-bond acceptors (Lipinski definition) is 4. The molecule has 2 aliphatic rings. The van der Waals surface area contributed by atoms with Crippen LogP contribution in [0.25, 0.3) is 0 Å². The molecule has 1 saturated carbocycles. The Hall–Kier alpha value is -1.26. The topological polar surface area (TPSA) is 50.7 Å². The summed E-state index contributed by atoms with van der Waals surface area (Å²) in [4.78, 5) is 0. The highest BCUT2D eigenvalue weighted by molar-refractivity contribution is 5.57. The Bertz CT molecular complexity index is 485. The molecule has 0 amide bonds. The third-order valence-corrected chi connectivity index (χ3v) is 4.46. The zero-order valence-electron chi connectivity index (χ0n) is 12.2. The summed E-state index contributed by atoms with van der Waals surface area (Å²) in [5.41, 5.74) is 3.11. The largest absolute Gasteiger partial charge is 0.508 e. The number of ether oxygens (including phenoxy) is 2. The first-order valence-electron chi connectivity index (χ1n) is 7.43. The van der Waals surface area contributed by atoms with Crippen LogP contribution in [-0.4, -0.2) is 30.1 Å². The molecule has 4 heteroatoms. The van der Waals surface area contributed by atoms with Crippen molar-refractivity contribution in [3.8, 4) is 5.75 Å². The van der Waals surface area contributed by atoms with Gasteiger partial charge >= 0.3 is 0 Å². The molecular weight excluding hydrogens is 254 g/mol. The number of aromatic hydroxyl groups is 1. The molecule has 1 aliphatic carbocycles. The second kappa shape index (κ2) is 5.26. The molecule has 1 spiro atoms. The summed E-state index contributed by atoms with van der Waals surface area (Å²) in [6, 6.07) is 4.30. The molecule has 0 unspecified atom stereocenters. The molecule has 0 radical (unpaired) electrons. The Balaban J connectivity index is 1.63. The van der Waals surface area contributed by atoms with E-state index >= 15 is 0 Å². The minimum Gasteiger partial charge on any atom is -0.508 e.